The van der Waals surface area contributed by atoms with E-state index in [0.717, 1.165) is 6.42 Å². The molecule has 0 radical (unpaired) electrons. The maximum absolute atomic E-state index is 13.3. The monoisotopic (exact) mass is 552 g/mol. The number of ketones is 1. The van der Waals surface area contributed by atoms with Crippen LogP contribution in [0.5, 0.6) is 17.2 Å². The van der Waals surface area contributed by atoms with Crippen LogP contribution in [0.1, 0.15) is 36.1 Å². The standard InChI is InChI=1S/C27H25BrN2O6/c1-3-10-36-19-8-4-7-17(11-19)24(31)22-23(18-12-20(28)25(32)21(13-18)35-2)30(27(34)26(22)33)15-16-6-5-9-29-14-16/h4-9,11-14,23,31-32H,3,10,15H2,1-2H3. The fourth-order valence-corrected chi connectivity index (χ4v) is 4.55. The minimum atomic E-state index is -0.948. The molecule has 1 unspecified atom stereocenters. The van der Waals surface area contributed by atoms with Gasteiger partial charge in [0.1, 0.15) is 11.5 Å². The first-order valence-corrected chi connectivity index (χ1v) is 12.1. The van der Waals surface area contributed by atoms with Crippen LogP contribution < -0.4 is 9.47 Å². The van der Waals surface area contributed by atoms with E-state index in [2.05, 4.69) is 20.9 Å². The van der Waals surface area contributed by atoms with Crippen LogP contribution >= 0.6 is 15.9 Å². The van der Waals surface area contributed by atoms with Gasteiger partial charge < -0.3 is 24.6 Å². The van der Waals surface area contributed by atoms with Crippen molar-refractivity contribution in [3.05, 3.63) is 87.7 Å². The Hall–Kier alpha value is -3.85. The lowest BCUT2D eigenvalue weighted by Crippen LogP contribution is -2.29. The second-order valence-corrected chi connectivity index (χ2v) is 9.07. The van der Waals surface area contributed by atoms with E-state index < -0.39 is 17.7 Å². The summed E-state index contributed by atoms with van der Waals surface area (Å²) >= 11 is 3.31. The van der Waals surface area contributed by atoms with Crippen molar-refractivity contribution in [2.24, 2.45) is 0 Å². The van der Waals surface area contributed by atoms with Gasteiger partial charge in [-0.05, 0) is 63.8 Å². The molecule has 1 saturated heterocycles. The number of carbonyl (C=O) groups excluding carboxylic acids is 2. The molecular weight excluding hydrogens is 528 g/mol. The van der Waals surface area contributed by atoms with Crippen LogP contribution in [0.3, 0.4) is 0 Å². The van der Waals surface area contributed by atoms with Gasteiger partial charge in [-0.1, -0.05) is 25.1 Å². The van der Waals surface area contributed by atoms with Gasteiger partial charge in [0.25, 0.3) is 11.7 Å². The highest BCUT2D eigenvalue weighted by Gasteiger charge is 2.46. The normalized spacial score (nSPS) is 16.9. The average Bonchev–Trinajstić information content (AvgIpc) is 3.14. The summed E-state index contributed by atoms with van der Waals surface area (Å²) in [6, 6.07) is 12.5. The Balaban J connectivity index is 1.88. The van der Waals surface area contributed by atoms with Crippen LogP contribution in [0.2, 0.25) is 0 Å². The second-order valence-electron chi connectivity index (χ2n) is 8.22. The number of hydrogen-bond acceptors (Lipinski definition) is 7. The molecule has 4 rings (SSSR count). The molecule has 36 heavy (non-hydrogen) atoms. The number of aliphatic hydroxyl groups is 1. The van der Waals surface area contributed by atoms with Crippen molar-refractivity contribution in [3.63, 3.8) is 0 Å². The fraction of sp³-hybridized carbons (Fsp3) is 0.222. The third kappa shape index (κ3) is 4.92. The highest BCUT2D eigenvalue weighted by atomic mass is 79.9. The Kier molecular flexibility index (Phi) is 7.59. The van der Waals surface area contributed by atoms with Crippen molar-refractivity contribution in [3.8, 4) is 17.2 Å². The number of benzene rings is 2. The van der Waals surface area contributed by atoms with Gasteiger partial charge in [0.2, 0.25) is 0 Å². The Bertz CT molecular complexity index is 1330. The molecule has 1 aliphatic heterocycles. The van der Waals surface area contributed by atoms with Crippen LogP contribution in [-0.4, -0.2) is 45.5 Å². The molecule has 2 heterocycles. The number of amides is 1. The molecule has 186 valence electrons. The smallest absolute Gasteiger partial charge is 0.295 e. The van der Waals surface area contributed by atoms with E-state index in [4.69, 9.17) is 9.47 Å². The first kappa shape index (κ1) is 25.2. The van der Waals surface area contributed by atoms with Crippen molar-refractivity contribution in [2.45, 2.75) is 25.9 Å². The Morgan fingerprint density at radius 1 is 1.17 bits per heavy atom. The molecule has 1 fully saturated rings. The number of likely N-dealkylation sites (tertiary alicyclic amines) is 1. The number of aliphatic hydroxyl groups excluding tert-OH is 1. The van der Waals surface area contributed by atoms with Crippen LogP contribution in [0.15, 0.2) is 71.0 Å². The number of pyridine rings is 1. The van der Waals surface area contributed by atoms with Gasteiger partial charge in [0, 0.05) is 24.5 Å². The predicted octanol–water partition coefficient (Wildman–Crippen LogP) is 4.97. The minimum absolute atomic E-state index is 0.0730. The predicted molar refractivity (Wildman–Crippen MR) is 137 cm³/mol. The van der Waals surface area contributed by atoms with E-state index in [9.17, 15) is 19.8 Å². The van der Waals surface area contributed by atoms with E-state index in [-0.39, 0.29) is 29.4 Å². The maximum atomic E-state index is 13.3. The lowest BCUT2D eigenvalue weighted by molar-refractivity contribution is -0.140. The summed E-state index contributed by atoms with van der Waals surface area (Å²) in [7, 11) is 1.40. The molecule has 0 spiro atoms. The zero-order chi connectivity index (χ0) is 25.8. The summed E-state index contributed by atoms with van der Waals surface area (Å²) in [6.45, 7) is 2.57. The van der Waals surface area contributed by atoms with Crippen LogP contribution in [0, 0.1) is 0 Å². The molecule has 0 bridgehead atoms. The number of methoxy groups -OCH3 is 1. The fourth-order valence-electron chi connectivity index (χ4n) is 4.09. The van der Waals surface area contributed by atoms with Gasteiger partial charge in [0.15, 0.2) is 11.5 Å². The van der Waals surface area contributed by atoms with Crippen molar-refractivity contribution < 1.29 is 29.3 Å². The quantitative estimate of drug-likeness (QED) is 0.230. The maximum Gasteiger partial charge on any atom is 0.295 e. The molecule has 8 nitrogen and oxygen atoms in total. The topological polar surface area (TPSA) is 109 Å². The number of phenolic OH excluding ortho intramolecular Hbond substituents is 1. The average molecular weight is 553 g/mol. The van der Waals surface area contributed by atoms with Crippen LogP contribution in [0.25, 0.3) is 5.76 Å². The molecule has 1 amide bonds. The minimum Gasteiger partial charge on any atom is -0.507 e. The number of phenols is 1. The molecule has 9 heteroatoms. The largest absolute Gasteiger partial charge is 0.507 e. The van der Waals surface area contributed by atoms with Gasteiger partial charge in [-0.2, -0.15) is 0 Å². The van der Waals surface area contributed by atoms with Crippen molar-refractivity contribution >= 4 is 33.4 Å². The number of nitrogens with zero attached hydrogens (tertiary/aromatic N) is 2. The number of halogens is 1. The van der Waals surface area contributed by atoms with Crippen molar-refractivity contribution in [2.75, 3.05) is 13.7 Å². The first-order valence-electron chi connectivity index (χ1n) is 11.3. The van der Waals surface area contributed by atoms with E-state index in [1.807, 2.05) is 6.92 Å². The number of aromatic nitrogens is 1. The zero-order valence-electron chi connectivity index (χ0n) is 19.8. The summed E-state index contributed by atoms with van der Waals surface area (Å²) in [6.07, 6.45) is 4.04. The van der Waals surface area contributed by atoms with Crippen LogP contribution in [-0.2, 0) is 16.1 Å². The van der Waals surface area contributed by atoms with Gasteiger partial charge in [-0.25, -0.2) is 0 Å². The zero-order valence-corrected chi connectivity index (χ0v) is 21.4. The summed E-state index contributed by atoms with van der Waals surface area (Å²) in [5, 5.41) is 21.7. The summed E-state index contributed by atoms with van der Waals surface area (Å²) in [4.78, 5) is 32.0. The van der Waals surface area contributed by atoms with Gasteiger partial charge >= 0.3 is 0 Å². The van der Waals surface area contributed by atoms with E-state index in [1.54, 1.807) is 60.9 Å². The van der Waals surface area contributed by atoms with E-state index in [1.165, 1.54) is 12.0 Å². The SMILES string of the molecule is CCCOc1cccc(C(O)=C2C(=O)C(=O)N(Cc3cccnc3)C2c2cc(Br)c(O)c(OC)c2)c1. The first-order chi connectivity index (χ1) is 17.3. The molecular formula is C27H25BrN2O6. The number of hydrogen-bond donors (Lipinski definition) is 2. The molecule has 0 aliphatic carbocycles. The van der Waals surface area contributed by atoms with Gasteiger partial charge in [-0.15, -0.1) is 0 Å². The third-order valence-corrected chi connectivity index (χ3v) is 6.39. The molecule has 1 aromatic heterocycles. The molecule has 2 aromatic carbocycles. The summed E-state index contributed by atoms with van der Waals surface area (Å²) in [5.41, 5.74) is 1.46. The molecule has 2 N–H and O–H groups in total. The van der Waals surface area contributed by atoms with Gasteiger partial charge in [0.05, 0.1) is 29.8 Å². The summed E-state index contributed by atoms with van der Waals surface area (Å²) in [5.74, 6) is -1.32. The Morgan fingerprint density at radius 3 is 2.67 bits per heavy atom. The van der Waals surface area contributed by atoms with Crippen molar-refractivity contribution in [1.82, 2.24) is 9.88 Å². The van der Waals surface area contributed by atoms with Gasteiger partial charge in [-0.3, -0.25) is 14.6 Å². The highest BCUT2D eigenvalue weighted by Crippen LogP contribution is 2.45. The molecule has 1 aliphatic rings. The number of carbonyl (C=O) groups is 2. The highest BCUT2D eigenvalue weighted by molar-refractivity contribution is 9.10. The van der Waals surface area contributed by atoms with E-state index >= 15 is 0 Å². The number of aromatic hydroxyl groups is 1. The second kappa shape index (κ2) is 10.8. The molecule has 0 saturated carbocycles. The van der Waals surface area contributed by atoms with Crippen molar-refractivity contribution in [1.29, 1.82) is 0 Å². The van der Waals surface area contributed by atoms with Crippen LogP contribution in [0.4, 0.5) is 0 Å². The number of ether oxygens (including phenoxy) is 2. The Morgan fingerprint density at radius 2 is 1.97 bits per heavy atom. The van der Waals surface area contributed by atoms with E-state index in [0.29, 0.717) is 33.5 Å². The number of Topliss-reactive ketones (excluding diaryl/α,β-unsaturated/α-hetero) is 1. The lowest BCUT2D eigenvalue weighted by atomic mass is 9.94. The number of rotatable bonds is 8. The summed E-state index contributed by atoms with van der Waals surface area (Å²) < 4.78 is 11.3. The Labute approximate surface area is 216 Å². The third-order valence-electron chi connectivity index (χ3n) is 5.78. The lowest BCUT2D eigenvalue weighted by Gasteiger charge is -2.26. The molecule has 3 aromatic rings. The molecule has 1 atom stereocenters.